The summed E-state index contributed by atoms with van der Waals surface area (Å²) in [6.07, 6.45) is 1.36. The fourth-order valence-corrected chi connectivity index (χ4v) is 5.11. The predicted octanol–water partition coefficient (Wildman–Crippen LogP) is 2.54. The number of benzene rings is 1. The summed E-state index contributed by atoms with van der Waals surface area (Å²) in [5.74, 6) is -1.57. The Labute approximate surface area is 231 Å². The first-order valence-corrected chi connectivity index (χ1v) is 13.8. The number of likely N-dealkylation sites (N-methyl/N-ethyl adjacent to an activating group) is 1. The Kier molecular flexibility index (Phi) is 9.64. The molecule has 0 spiro atoms. The van der Waals surface area contributed by atoms with E-state index in [0.717, 1.165) is 24.8 Å². The van der Waals surface area contributed by atoms with Crippen LogP contribution in [0.25, 0.3) is 0 Å². The second-order valence-electron chi connectivity index (χ2n) is 12.0. The van der Waals surface area contributed by atoms with Gasteiger partial charge in [-0.1, -0.05) is 38.1 Å². The molecule has 0 bridgehead atoms. The Morgan fingerprint density at radius 3 is 2.44 bits per heavy atom. The molecule has 2 aliphatic rings. The molecule has 0 saturated carbocycles. The van der Waals surface area contributed by atoms with Crippen LogP contribution in [0.1, 0.15) is 78.0 Å². The molecule has 4 amide bonds. The number of aliphatic hydroxyl groups excluding tert-OH is 1. The monoisotopic (exact) mass is 544 g/mol. The first kappa shape index (κ1) is 30.4. The number of β-amino-alcohol motifs (C(OH)–C–C–N with tert-alkyl or cyclic N) is 1. The Bertz CT molecular complexity index is 1070. The molecule has 1 fully saturated rings. The molecule has 1 aromatic carbocycles. The van der Waals surface area contributed by atoms with E-state index in [0.29, 0.717) is 0 Å². The van der Waals surface area contributed by atoms with Crippen LogP contribution in [0.4, 0.5) is 4.79 Å². The number of ether oxygens (including phenoxy) is 1. The van der Waals surface area contributed by atoms with Crippen LogP contribution in [-0.2, 0) is 25.5 Å². The van der Waals surface area contributed by atoms with Gasteiger partial charge in [0.25, 0.3) is 0 Å². The first-order chi connectivity index (χ1) is 18.2. The van der Waals surface area contributed by atoms with E-state index >= 15 is 0 Å². The van der Waals surface area contributed by atoms with Crippen molar-refractivity contribution in [3.8, 4) is 0 Å². The van der Waals surface area contributed by atoms with Gasteiger partial charge in [0, 0.05) is 20.0 Å². The third-order valence-electron chi connectivity index (χ3n) is 7.42. The van der Waals surface area contributed by atoms with Gasteiger partial charge in [0.05, 0.1) is 12.1 Å². The van der Waals surface area contributed by atoms with Crippen LogP contribution in [0.15, 0.2) is 24.3 Å². The van der Waals surface area contributed by atoms with E-state index in [-0.39, 0.29) is 30.8 Å². The highest BCUT2D eigenvalue weighted by atomic mass is 16.6. The Morgan fingerprint density at radius 2 is 1.79 bits per heavy atom. The van der Waals surface area contributed by atoms with Crippen LogP contribution in [0.2, 0.25) is 0 Å². The fourth-order valence-electron chi connectivity index (χ4n) is 5.11. The number of likely N-dealkylation sites (tertiary alicyclic amines) is 1. The third kappa shape index (κ3) is 7.50. The summed E-state index contributed by atoms with van der Waals surface area (Å²) >= 11 is 0. The van der Waals surface area contributed by atoms with Gasteiger partial charge in [0.15, 0.2) is 0 Å². The van der Waals surface area contributed by atoms with Gasteiger partial charge in [-0.15, -0.1) is 0 Å². The van der Waals surface area contributed by atoms with Crippen LogP contribution < -0.4 is 10.6 Å². The van der Waals surface area contributed by atoms with Gasteiger partial charge < -0.3 is 25.4 Å². The van der Waals surface area contributed by atoms with Gasteiger partial charge in [0.2, 0.25) is 17.7 Å². The summed E-state index contributed by atoms with van der Waals surface area (Å²) in [6.45, 7) is 10.4. The molecular formula is C29H44N4O6. The van der Waals surface area contributed by atoms with Crippen molar-refractivity contribution in [3.63, 3.8) is 0 Å². The lowest BCUT2D eigenvalue weighted by molar-refractivity contribution is -0.143. The van der Waals surface area contributed by atoms with Crippen molar-refractivity contribution in [2.75, 3.05) is 13.6 Å². The normalized spacial score (nSPS) is 22.5. The maximum Gasteiger partial charge on any atom is 0.410 e. The zero-order valence-electron chi connectivity index (χ0n) is 24.2. The molecule has 1 aliphatic heterocycles. The van der Waals surface area contributed by atoms with Crippen LogP contribution >= 0.6 is 0 Å². The van der Waals surface area contributed by atoms with E-state index in [2.05, 4.69) is 16.7 Å². The summed E-state index contributed by atoms with van der Waals surface area (Å²) in [7, 11) is 1.46. The fraction of sp³-hybridized carbons (Fsp3) is 0.655. The molecule has 10 heteroatoms. The van der Waals surface area contributed by atoms with E-state index in [4.69, 9.17) is 4.74 Å². The minimum Gasteiger partial charge on any atom is -0.444 e. The predicted molar refractivity (Wildman–Crippen MR) is 147 cm³/mol. The van der Waals surface area contributed by atoms with Crippen molar-refractivity contribution in [3.05, 3.63) is 35.4 Å². The molecule has 0 aromatic heterocycles. The average molecular weight is 545 g/mol. The van der Waals surface area contributed by atoms with Gasteiger partial charge in [-0.2, -0.15) is 0 Å². The number of amides is 4. The van der Waals surface area contributed by atoms with Crippen molar-refractivity contribution in [1.82, 2.24) is 20.4 Å². The minimum absolute atomic E-state index is 0.00459. The van der Waals surface area contributed by atoms with Crippen molar-refractivity contribution in [1.29, 1.82) is 0 Å². The molecule has 5 atom stereocenters. The van der Waals surface area contributed by atoms with Gasteiger partial charge in [-0.3, -0.25) is 19.3 Å². The number of aliphatic hydroxyl groups is 1. The number of fused-ring (bicyclic) bond motifs is 1. The van der Waals surface area contributed by atoms with E-state index in [1.165, 1.54) is 22.4 Å². The van der Waals surface area contributed by atoms with Crippen LogP contribution in [0.3, 0.4) is 0 Å². The van der Waals surface area contributed by atoms with Crippen molar-refractivity contribution < 1.29 is 29.0 Å². The highest BCUT2D eigenvalue weighted by molar-refractivity contribution is 5.94. The average Bonchev–Trinajstić information content (AvgIpc) is 3.26. The van der Waals surface area contributed by atoms with E-state index < -0.39 is 47.7 Å². The number of hydrogen-bond donors (Lipinski definition) is 3. The maximum atomic E-state index is 13.7. The second kappa shape index (κ2) is 12.4. The highest BCUT2D eigenvalue weighted by Crippen LogP contribution is 2.30. The third-order valence-corrected chi connectivity index (χ3v) is 7.42. The largest absolute Gasteiger partial charge is 0.444 e. The Balaban J connectivity index is 1.71. The molecule has 1 aromatic rings. The molecular weight excluding hydrogens is 500 g/mol. The summed E-state index contributed by atoms with van der Waals surface area (Å²) < 4.78 is 5.35. The van der Waals surface area contributed by atoms with E-state index in [9.17, 15) is 24.3 Å². The molecule has 2 unspecified atom stereocenters. The van der Waals surface area contributed by atoms with Gasteiger partial charge >= 0.3 is 6.09 Å². The Morgan fingerprint density at radius 1 is 1.13 bits per heavy atom. The lowest BCUT2D eigenvalue weighted by Crippen LogP contribution is -2.58. The van der Waals surface area contributed by atoms with Crippen molar-refractivity contribution in [2.45, 2.75) is 103 Å². The molecule has 216 valence electrons. The number of rotatable bonds is 7. The quantitative estimate of drug-likeness (QED) is 0.484. The highest BCUT2D eigenvalue weighted by Gasteiger charge is 2.43. The van der Waals surface area contributed by atoms with Crippen molar-refractivity contribution in [2.24, 2.45) is 5.92 Å². The molecule has 1 aliphatic carbocycles. The van der Waals surface area contributed by atoms with E-state index in [1.807, 2.05) is 18.2 Å². The summed E-state index contributed by atoms with van der Waals surface area (Å²) in [6, 6.07) is 5.19. The summed E-state index contributed by atoms with van der Waals surface area (Å²) in [5.41, 5.74) is 1.58. The molecule has 10 nitrogen and oxygen atoms in total. The zero-order chi connectivity index (χ0) is 29.1. The van der Waals surface area contributed by atoms with Crippen molar-refractivity contribution >= 4 is 23.8 Å². The topological polar surface area (TPSA) is 128 Å². The zero-order valence-corrected chi connectivity index (χ0v) is 24.2. The molecule has 1 heterocycles. The van der Waals surface area contributed by atoms with E-state index in [1.54, 1.807) is 41.5 Å². The summed E-state index contributed by atoms with van der Waals surface area (Å²) in [5, 5.41) is 16.3. The van der Waals surface area contributed by atoms with Crippen LogP contribution in [0, 0.1) is 5.92 Å². The number of hydrogen-bond acceptors (Lipinski definition) is 6. The molecule has 3 rings (SSSR count). The Hall–Kier alpha value is -3.14. The van der Waals surface area contributed by atoms with Crippen LogP contribution in [0.5, 0.6) is 0 Å². The molecule has 39 heavy (non-hydrogen) atoms. The standard InChI is InChI=1S/C29H44N4O6/c1-17(2)24(31-25(35)18(3)32(7)28(38)39-29(4,5)6)27(37)33-16-20(34)15-23(33)26(36)30-22-14-10-12-19-11-8-9-13-21(19)22/h8-9,11,13,17-18,20,22-24,34H,10,12,14-16H2,1-7H3,(H,30,36)(H,31,35)/t18-,20?,22?,23-,24-/m0/s1. The number of nitrogens with one attached hydrogen (secondary N) is 2. The van der Waals surface area contributed by atoms with Gasteiger partial charge in [-0.25, -0.2) is 4.79 Å². The van der Waals surface area contributed by atoms with Gasteiger partial charge in [0.1, 0.15) is 23.7 Å². The molecule has 3 N–H and O–H groups in total. The maximum absolute atomic E-state index is 13.7. The first-order valence-electron chi connectivity index (χ1n) is 13.8. The minimum atomic E-state index is -0.942. The number of carbonyl (C=O) groups excluding carboxylic acids is 4. The number of aryl methyl sites for hydroxylation is 1. The van der Waals surface area contributed by atoms with Gasteiger partial charge in [-0.05, 0) is 64.0 Å². The molecule has 1 saturated heterocycles. The number of carbonyl (C=O) groups is 4. The number of nitrogens with zero attached hydrogens (tertiary/aromatic N) is 2. The smallest absolute Gasteiger partial charge is 0.410 e. The lowest BCUT2D eigenvalue weighted by atomic mass is 9.87. The van der Waals surface area contributed by atoms with Crippen LogP contribution in [-0.4, -0.2) is 82.1 Å². The molecule has 0 radical (unpaired) electrons. The second-order valence-corrected chi connectivity index (χ2v) is 12.0. The SMILES string of the molecule is CC(C)[C@H](NC(=O)[C@H](C)N(C)C(=O)OC(C)(C)C)C(=O)N1CC(O)C[C@H]1C(=O)NC1CCCc2ccccc21. The lowest BCUT2D eigenvalue weighted by Gasteiger charge is -2.33. The summed E-state index contributed by atoms with van der Waals surface area (Å²) in [4.78, 5) is 55.2.